The van der Waals surface area contributed by atoms with E-state index in [-0.39, 0.29) is 24.4 Å². The van der Waals surface area contributed by atoms with Gasteiger partial charge in [0, 0.05) is 24.7 Å². The fourth-order valence-corrected chi connectivity index (χ4v) is 2.76. The van der Waals surface area contributed by atoms with Crippen molar-refractivity contribution in [2.75, 3.05) is 20.1 Å². The highest BCUT2D eigenvalue weighted by Crippen LogP contribution is 2.16. The first kappa shape index (κ1) is 17.6. The van der Waals surface area contributed by atoms with Crippen LogP contribution in [0, 0.1) is 0 Å². The summed E-state index contributed by atoms with van der Waals surface area (Å²) in [5, 5.41) is 2.61. The van der Waals surface area contributed by atoms with E-state index in [0.29, 0.717) is 18.5 Å². The molecule has 1 aliphatic heterocycles. The second-order valence-electron chi connectivity index (χ2n) is 5.52. The number of carbonyl (C=O) groups is 3. The van der Waals surface area contributed by atoms with Crippen LogP contribution >= 0.6 is 0 Å². The number of rotatable bonds is 5. The van der Waals surface area contributed by atoms with E-state index in [2.05, 4.69) is 16.9 Å². The summed E-state index contributed by atoms with van der Waals surface area (Å²) >= 11 is 0. The largest absolute Gasteiger partial charge is 0.343 e. The topological polar surface area (TPSA) is 78.8 Å². The molecule has 0 unspecified atom stereocenters. The molecule has 0 aromatic rings. The number of aldehydes is 1. The third-order valence-corrected chi connectivity index (χ3v) is 4.00. The molecule has 2 rings (SSSR count). The lowest BCUT2D eigenvalue weighted by atomic mass is 9.99. The lowest BCUT2D eigenvalue weighted by Gasteiger charge is -2.20. The summed E-state index contributed by atoms with van der Waals surface area (Å²) in [7, 11) is 1.67. The van der Waals surface area contributed by atoms with Gasteiger partial charge in [0.25, 0.3) is 5.91 Å². The van der Waals surface area contributed by atoms with Crippen molar-refractivity contribution < 1.29 is 14.4 Å². The average molecular weight is 327 g/mol. The molecule has 1 heterocycles. The van der Waals surface area contributed by atoms with E-state index in [4.69, 9.17) is 0 Å². The predicted molar refractivity (Wildman–Crippen MR) is 92.7 cm³/mol. The summed E-state index contributed by atoms with van der Waals surface area (Å²) < 4.78 is 0. The number of likely N-dealkylation sites (tertiary alicyclic amines) is 1. The third-order valence-electron chi connectivity index (χ3n) is 4.00. The predicted octanol–water partition coefficient (Wildman–Crippen LogP) is 0.972. The maximum absolute atomic E-state index is 12.2. The molecule has 1 N–H and O–H groups in total. The van der Waals surface area contributed by atoms with E-state index in [1.54, 1.807) is 37.4 Å². The Balaban J connectivity index is 1.99. The van der Waals surface area contributed by atoms with E-state index in [1.807, 2.05) is 0 Å². The van der Waals surface area contributed by atoms with Crippen molar-refractivity contribution in [3.63, 3.8) is 0 Å². The summed E-state index contributed by atoms with van der Waals surface area (Å²) in [6.45, 7) is 4.09. The van der Waals surface area contributed by atoms with Crippen LogP contribution in [0.2, 0.25) is 0 Å². The fourth-order valence-electron chi connectivity index (χ4n) is 2.76. The Labute approximate surface area is 141 Å². The normalized spacial score (nSPS) is 23.3. The SMILES string of the molecule is C=C/C=C1/C=C(C(=O)NCC(=O)N2CCC[C@@H]2C=O)C=C/C1=N/C. The first-order valence-corrected chi connectivity index (χ1v) is 7.83. The Hall–Kier alpha value is -2.76. The van der Waals surface area contributed by atoms with Gasteiger partial charge >= 0.3 is 0 Å². The smallest absolute Gasteiger partial charge is 0.251 e. The molecule has 0 saturated carbocycles. The van der Waals surface area contributed by atoms with Crippen LogP contribution in [0.3, 0.4) is 0 Å². The second kappa shape index (κ2) is 8.19. The standard InChI is InChI=1S/C18H21N3O3/c1-3-5-13-10-14(7-8-16(13)19-2)18(24)20-11-17(23)21-9-4-6-15(21)12-22/h3,5,7-8,10,12,15H,1,4,6,9,11H2,2H3,(H,20,24)/b13-5-,19-16-/t15-/m1/s1. The molecule has 0 aromatic heterocycles. The number of nitrogens with one attached hydrogen (secondary N) is 1. The quantitative estimate of drug-likeness (QED) is 0.764. The highest BCUT2D eigenvalue weighted by atomic mass is 16.2. The molecule has 126 valence electrons. The van der Waals surface area contributed by atoms with E-state index in [9.17, 15) is 14.4 Å². The molecule has 6 nitrogen and oxygen atoms in total. The molecular formula is C18H21N3O3. The molecule has 24 heavy (non-hydrogen) atoms. The van der Waals surface area contributed by atoms with Crippen molar-refractivity contribution in [2.45, 2.75) is 18.9 Å². The van der Waals surface area contributed by atoms with Crippen LogP contribution in [0.5, 0.6) is 0 Å². The van der Waals surface area contributed by atoms with Gasteiger partial charge in [-0.05, 0) is 31.1 Å². The lowest BCUT2D eigenvalue weighted by molar-refractivity contribution is -0.134. The zero-order chi connectivity index (χ0) is 17.5. The van der Waals surface area contributed by atoms with Gasteiger partial charge in [-0.3, -0.25) is 14.6 Å². The minimum Gasteiger partial charge on any atom is -0.343 e. The van der Waals surface area contributed by atoms with Crippen LogP contribution in [-0.2, 0) is 14.4 Å². The maximum atomic E-state index is 12.2. The summed E-state index contributed by atoms with van der Waals surface area (Å²) in [5.41, 5.74) is 1.98. The van der Waals surface area contributed by atoms with Gasteiger partial charge < -0.3 is 15.0 Å². The van der Waals surface area contributed by atoms with Crippen molar-refractivity contribution in [3.8, 4) is 0 Å². The molecule has 2 amide bonds. The minimum atomic E-state index is -0.367. The Morgan fingerprint density at radius 3 is 2.92 bits per heavy atom. The van der Waals surface area contributed by atoms with Crippen LogP contribution in [0.4, 0.5) is 0 Å². The molecule has 1 fully saturated rings. The van der Waals surface area contributed by atoms with E-state index in [0.717, 1.165) is 24.0 Å². The summed E-state index contributed by atoms with van der Waals surface area (Å²) in [6.07, 6.45) is 10.8. The van der Waals surface area contributed by atoms with Crippen LogP contribution < -0.4 is 5.32 Å². The number of hydrogen-bond donors (Lipinski definition) is 1. The van der Waals surface area contributed by atoms with Crippen molar-refractivity contribution in [3.05, 3.63) is 48.1 Å². The van der Waals surface area contributed by atoms with Crippen LogP contribution in [-0.4, -0.2) is 54.9 Å². The molecule has 1 aliphatic carbocycles. The van der Waals surface area contributed by atoms with Gasteiger partial charge in [-0.2, -0.15) is 0 Å². The van der Waals surface area contributed by atoms with Crippen LogP contribution in [0.15, 0.2) is 53.1 Å². The number of amides is 2. The molecule has 0 spiro atoms. The molecular weight excluding hydrogens is 306 g/mol. The summed E-state index contributed by atoms with van der Waals surface area (Å²) in [5.74, 6) is -0.581. The molecule has 0 bridgehead atoms. The highest BCUT2D eigenvalue weighted by Gasteiger charge is 2.28. The van der Waals surface area contributed by atoms with E-state index < -0.39 is 0 Å². The Morgan fingerprint density at radius 1 is 1.46 bits per heavy atom. The lowest BCUT2D eigenvalue weighted by Crippen LogP contribution is -2.43. The Morgan fingerprint density at radius 2 is 2.25 bits per heavy atom. The first-order chi connectivity index (χ1) is 11.6. The summed E-state index contributed by atoms with van der Waals surface area (Å²) in [6, 6.07) is -0.367. The van der Waals surface area contributed by atoms with Crippen LogP contribution in [0.1, 0.15) is 12.8 Å². The number of aliphatic imine (C=N–C) groups is 1. The van der Waals surface area contributed by atoms with Gasteiger partial charge in [0.1, 0.15) is 6.29 Å². The van der Waals surface area contributed by atoms with E-state index >= 15 is 0 Å². The van der Waals surface area contributed by atoms with Gasteiger partial charge in [-0.25, -0.2) is 0 Å². The van der Waals surface area contributed by atoms with Crippen molar-refractivity contribution in [1.82, 2.24) is 10.2 Å². The molecule has 2 aliphatic rings. The van der Waals surface area contributed by atoms with Crippen molar-refractivity contribution in [1.29, 1.82) is 0 Å². The zero-order valence-electron chi connectivity index (χ0n) is 13.7. The van der Waals surface area contributed by atoms with Gasteiger partial charge in [0.15, 0.2) is 0 Å². The third kappa shape index (κ3) is 3.95. The minimum absolute atomic E-state index is 0.121. The fraction of sp³-hybridized carbons (Fsp3) is 0.333. The molecule has 6 heteroatoms. The maximum Gasteiger partial charge on any atom is 0.251 e. The van der Waals surface area contributed by atoms with E-state index in [1.165, 1.54) is 4.90 Å². The Bertz CT molecular complexity index is 671. The number of carbonyl (C=O) groups excluding carboxylic acids is 3. The number of nitrogens with zero attached hydrogens (tertiary/aromatic N) is 2. The molecule has 0 aromatic carbocycles. The number of allylic oxidation sites excluding steroid dienone is 5. The average Bonchev–Trinajstić information content (AvgIpc) is 3.08. The van der Waals surface area contributed by atoms with Crippen molar-refractivity contribution >= 4 is 23.8 Å². The highest BCUT2D eigenvalue weighted by molar-refractivity contribution is 6.15. The zero-order valence-corrected chi connectivity index (χ0v) is 13.7. The number of hydrogen-bond acceptors (Lipinski definition) is 4. The van der Waals surface area contributed by atoms with Crippen LogP contribution in [0.25, 0.3) is 0 Å². The monoisotopic (exact) mass is 327 g/mol. The summed E-state index contributed by atoms with van der Waals surface area (Å²) in [4.78, 5) is 41.0. The van der Waals surface area contributed by atoms with Gasteiger partial charge in [0.05, 0.1) is 18.3 Å². The molecule has 0 radical (unpaired) electrons. The molecule has 1 atom stereocenters. The molecule has 1 saturated heterocycles. The second-order valence-corrected chi connectivity index (χ2v) is 5.52. The first-order valence-electron chi connectivity index (χ1n) is 7.83. The van der Waals surface area contributed by atoms with Crippen molar-refractivity contribution in [2.24, 2.45) is 4.99 Å². The van der Waals surface area contributed by atoms with Gasteiger partial charge in [0.2, 0.25) is 5.91 Å². The Kier molecular flexibility index (Phi) is 6.01. The van der Waals surface area contributed by atoms with Gasteiger partial charge in [-0.15, -0.1) is 0 Å². The van der Waals surface area contributed by atoms with Gasteiger partial charge in [-0.1, -0.05) is 18.7 Å².